The Morgan fingerprint density at radius 3 is 1.43 bits per heavy atom. The van der Waals surface area contributed by atoms with Gasteiger partial charge in [-0.2, -0.15) is 65.9 Å². The van der Waals surface area contributed by atoms with Crippen molar-refractivity contribution < 1.29 is 83.9 Å². The highest BCUT2D eigenvalue weighted by Crippen LogP contribution is 2.62. The number of rotatable bonds is 10. The van der Waals surface area contributed by atoms with Gasteiger partial charge in [-0.3, -0.25) is 9.59 Å². The number of sulfonamides is 1. The van der Waals surface area contributed by atoms with Crippen molar-refractivity contribution in [1.82, 2.24) is 4.72 Å². The number of amides is 2. The Hall–Kier alpha value is -3.20. The van der Waals surface area contributed by atoms with E-state index in [0.717, 1.165) is 0 Å². The molecule has 0 radical (unpaired) electrons. The lowest BCUT2D eigenvalue weighted by atomic mass is 9.91. The molecule has 0 saturated heterocycles. The maximum Gasteiger partial charge on any atom is 0.460 e. The van der Waals surface area contributed by atoms with Gasteiger partial charge in [0.2, 0.25) is 0 Å². The van der Waals surface area contributed by atoms with Crippen LogP contribution in [-0.2, 0) is 19.6 Å². The first-order chi connectivity index (χ1) is 17.4. The normalized spacial score (nSPS) is 14.5. The Morgan fingerprint density at radius 2 is 1.05 bits per heavy atom. The summed E-state index contributed by atoms with van der Waals surface area (Å²) in [6, 6.07) is 2.12. The number of alkyl halides is 15. The largest absolute Gasteiger partial charge is 0.460 e. The number of hydrogen-bond acceptors (Lipinski definition) is 4. The fraction of sp³-hybridized carbons (Fsp3) is 0.444. The smallest absolute Gasteiger partial charge is 0.322 e. The molecular formula is C18H11F15N2O4S. The Labute approximate surface area is 212 Å². The van der Waals surface area contributed by atoms with Gasteiger partial charge in [0.05, 0.1) is 4.90 Å². The van der Waals surface area contributed by atoms with Crippen LogP contribution >= 0.6 is 0 Å². The van der Waals surface area contributed by atoms with Crippen molar-refractivity contribution in [3.05, 3.63) is 36.4 Å². The standard InChI is InChI=1S/C18H11F15N2O4S/c1-7(2)10(36)34-8-3-5-9(6-4-8)40(38,39)35-11(37)12(19,20)13(21,22)14(23,24)15(25,26)16(27,28)17(29,30)18(31,32)33/h3-6H,1H2,2H3,(H,34,36)(H,35,37). The molecule has 0 bridgehead atoms. The molecule has 1 aromatic carbocycles. The second-order valence-corrected chi connectivity index (χ2v) is 9.32. The summed E-state index contributed by atoms with van der Waals surface area (Å²) in [4.78, 5) is 21.6. The number of halogens is 15. The Balaban J connectivity index is 3.43. The molecule has 1 rings (SSSR count). The molecule has 0 heterocycles. The lowest BCUT2D eigenvalue weighted by molar-refractivity contribution is -0.449. The highest BCUT2D eigenvalue weighted by molar-refractivity contribution is 7.90. The first-order valence-electron chi connectivity index (χ1n) is 9.41. The fourth-order valence-corrected chi connectivity index (χ4v) is 3.29. The van der Waals surface area contributed by atoms with Gasteiger partial charge in [0.25, 0.3) is 15.9 Å². The van der Waals surface area contributed by atoms with E-state index in [2.05, 4.69) is 11.9 Å². The van der Waals surface area contributed by atoms with Crippen LogP contribution in [0.4, 0.5) is 71.5 Å². The maximum absolute atomic E-state index is 13.9. The molecule has 40 heavy (non-hydrogen) atoms. The topological polar surface area (TPSA) is 92.3 Å². The van der Waals surface area contributed by atoms with Crippen LogP contribution in [0.15, 0.2) is 41.3 Å². The zero-order chi connectivity index (χ0) is 32.1. The predicted molar refractivity (Wildman–Crippen MR) is 101 cm³/mol. The first kappa shape index (κ1) is 34.8. The third kappa shape index (κ3) is 5.40. The molecule has 0 saturated carbocycles. The van der Waals surface area contributed by atoms with Gasteiger partial charge in [-0.1, -0.05) is 6.58 Å². The summed E-state index contributed by atoms with van der Waals surface area (Å²) in [6.45, 7) is 4.46. The van der Waals surface area contributed by atoms with Gasteiger partial charge < -0.3 is 5.32 Å². The van der Waals surface area contributed by atoms with E-state index in [1.54, 1.807) is 0 Å². The first-order valence-corrected chi connectivity index (χ1v) is 10.9. The summed E-state index contributed by atoms with van der Waals surface area (Å²) in [5.74, 6) is -54.6. The van der Waals surface area contributed by atoms with E-state index in [4.69, 9.17) is 0 Å². The van der Waals surface area contributed by atoms with Gasteiger partial charge in [0.1, 0.15) is 0 Å². The summed E-state index contributed by atoms with van der Waals surface area (Å²) >= 11 is 0. The van der Waals surface area contributed by atoms with Crippen LogP contribution in [0.2, 0.25) is 0 Å². The van der Waals surface area contributed by atoms with Gasteiger partial charge in [-0.25, -0.2) is 13.1 Å². The van der Waals surface area contributed by atoms with E-state index in [1.807, 2.05) is 0 Å². The number of hydrogen-bond donors (Lipinski definition) is 2. The van der Waals surface area contributed by atoms with Crippen LogP contribution in [0, 0.1) is 0 Å². The van der Waals surface area contributed by atoms with Gasteiger partial charge in [0.15, 0.2) is 0 Å². The molecule has 0 unspecified atom stereocenters. The molecule has 0 aliphatic carbocycles. The molecule has 2 N–H and O–H groups in total. The molecule has 228 valence electrons. The minimum Gasteiger partial charge on any atom is -0.322 e. The van der Waals surface area contributed by atoms with Crippen molar-refractivity contribution in [3.8, 4) is 0 Å². The molecule has 0 aliphatic heterocycles. The van der Waals surface area contributed by atoms with Gasteiger partial charge in [-0.05, 0) is 31.2 Å². The lowest BCUT2D eigenvalue weighted by Gasteiger charge is -2.41. The van der Waals surface area contributed by atoms with Crippen LogP contribution in [0.3, 0.4) is 0 Å². The highest BCUT2D eigenvalue weighted by Gasteiger charge is 2.94. The summed E-state index contributed by atoms with van der Waals surface area (Å²) in [7, 11) is -5.81. The Bertz CT molecular complexity index is 1270. The Kier molecular flexibility index (Phi) is 8.72. The van der Waals surface area contributed by atoms with Crippen LogP contribution in [0.1, 0.15) is 6.92 Å². The van der Waals surface area contributed by atoms with Gasteiger partial charge in [-0.15, -0.1) is 0 Å². The molecule has 0 aliphatic rings. The van der Waals surface area contributed by atoms with Crippen LogP contribution < -0.4 is 10.0 Å². The van der Waals surface area contributed by atoms with Crippen molar-refractivity contribution in [2.24, 2.45) is 0 Å². The molecule has 0 fully saturated rings. The lowest BCUT2D eigenvalue weighted by Crippen LogP contribution is -2.74. The molecule has 1 aromatic rings. The maximum atomic E-state index is 13.9. The third-order valence-corrected chi connectivity index (χ3v) is 6.00. The minimum atomic E-state index is -8.64. The predicted octanol–water partition coefficient (Wildman–Crippen LogP) is 5.38. The van der Waals surface area contributed by atoms with E-state index in [-0.39, 0.29) is 16.0 Å². The fourth-order valence-electron chi connectivity index (χ4n) is 2.31. The molecule has 22 heteroatoms. The average molecular weight is 636 g/mol. The minimum absolute atomic E-state index is 0.0221. The second-order valence-electron chi connectivity index (χ2n) is 7.64. The monoisotopic (exact) mass is 636 g/mol. The number of anilines is 1. The molecule has 0 atom stereocenters. The van der Waals surface area contributed by atoms with Crippen LogP contribution in [0.25, 0.3) is 0 Å². The van der Waals surface area contributed by atoms with Crippen molar-refractivity contribution >= 4 is 27.5 Å². The number of carbonyl (C=O) groups is 2. The van der Waals surface area contributed by atoms with E-state index in [1.165, 1.54) is 6.92 Å². The summed E-state index contributed by atoms with van der Waals surface area (Å²) < 4.78 is 222. The summed E-state index contributed by atoms with van der Waals surface area (Å²) in [5, 5.41) is 2.09. The van der Waals surface area contributed by atoms with Crippen molar-refractivity contribution in [1.29, 1.82) is 0 Å². The Morgan fingerprint density at radius 1 is 0.675 bits per heavy atom. The summed E-state index contributed by atoms with van der Waals surface area (Å²) in [6.07, 6.45) is -7.80. The molecule has 0 aromatic heterocycles. The highest BCUT2D eigenvalue weighted by atomic mass is 32.2. The van der Waals surface area contributed by atoms with E-state index in [9.17, 15) is 83.9 Å². The van der Waals surface area contributed by atoms with E-state index >= 15 is 0 Å². The SMILES string of the molecule is C=C(C)C(=O)Nc1ccc(S(=O)(=O)NC(=O)C(F)(F)C(F)(F)C(F)(F)C(F)(F)C(F)(F)C(F)(F)C(F)(F)F)cc1. The summed E-state index contributed by atoms with van der Waals surface area (Å²) in [5.41, 5.74) is -0.303. The molecule has 2 amide bonds. The number of nitrogens with one attached hydrogen (secondary N) is 2. The number of carbonyl (C=O) groups excluding carboxylic acids is 2. The molecule has 6 nitrogen and oxygen atoms in total. The average Bonchev–Trinajstić information content (AvgIpc) is 2.77. The quantitative estimate of drug-likeness (QED) is 0.267. The zero-order valence-corrected chi connectivity index (χ0v) is 19.5. The second kappa shape index (κ2) is 10.0. The van der Waals surface area contributed by atoms with E-state index < -0.39 is 68.4 Å². The van der Waals surface area contributed by atoms with E-state index in [0.29, 0.717) is 24.3 Å². The molecular weight excluding hydrogens is 625 g/mol. The van der Waals surface area contributed by atoms with Crippen molar-refractivity contribution in [2.75, 3.05) is 5.32 Å². The zero-order valence-electron chi connectivity index (χ0n) is 18.7. The van der Waals surface area contributed by atoms with Crippen molar-refractivity contribution in [3.63, 3.8) is 0 Å². The van der Waals surface area contributed by atoms with Gasteiger partial charge in [0, 0.05) is 11.3 Å². The number of benzene rings is 1. The van der Waals surface area contributed by atoms with Gasteiger partial charge >= 0.3 is 47.6 Å². The van der Waals surface area contributed by atoms with Crippen LogP contribution in [0.5, 0.6) is 0 Å². The third-order valence-electron chi connectivity index (χ3n) is 4.65. The molecule has 0 spiro atoms. The van der Waals surface area contributed by atoms with Crippen LogP contribution in [-0.4, -0.2) is 61.9 Å². The van der Waals surface area contributed by atoms with Crippen molar-refractivity contribution in [2.45, 2.75) is 53.5 Å².